The Balaban J connectivity index is 1.34. The Morgan fingerprint density at radius 2 is 1.96 bits per heavy atom. The van der Waals surface area contributed by atoms with Crippen LogP contribution < -0.4 is 10.6 Å². The first-order valence-corrected chi connectivity index (χ1v) is 10.2. The quantitative estimate of drug-likeness (QED) is 0.730. The minimum absolute atomic E-state index is 0.131. The normalized spacial score (nSPS) is 20.2. The highest BCUT2D eigenvalue weighted by Gasteiger charge is 2.16. The summed E-state index contributed by atoms with van der Waals surface area (Å²) in [5.41, 5.74) is 0. The van der Waals surface area contributed by atoms with Crippen molar-refractivity contribution in [2.24, 2.45) is 5.92 Å². The summed E-state index contributed by atoms with van der Waals surface area (Å²) >= 11 is 0. The molecule has 1 aromatic heterocycles. The number of likely N-dealkylation sites (N-methyl/N-ethyl adjacent to an activating group) is 1. The molecule has 0 spiro atoms. The van der Waals surface area contributed by atoms with Crippen LogP contribution >= 0.6 is 0 Å². The third kappa shape index (κ3) is 5.99. The number of hydrogen-bond acceptors (Lipinski definition) is 4. The molecule has 0 aromatic carbocycles. The van der Waals surface area contributed by atoms with Gasteiger partial charge in [0.1, 0.15) is 5.82 Å². The predicted molar refractivity (Wildman–Crippen MR) is 104 cm³/mol. The standard InChI is InChI=1S/C19H34N6O/c1-23-12-14-24(15-13-23)11-5-9-20-19(26)22-18-8-10-21-25(18)16-17-6-3-2-4-7-17/h8,10,17H,2-7,9,11-16H2,1H3,(H2,20,22,26). The smallest absolute Gasteiger partial charge is 0.320 e. The Kier molecular flexibility index (Phi) is 7.32. The summed E-state index contributed by atoms with van der Waals surface area (Å²) in [7, 11) is 2.17. The minimum atomic E-state index is -0.131. The summed E-state index contributed by atoms with van der Waals surface area (Å²) in [5, 5.41) is 10.3. The van der Waals surface area contributed by atoms with E-state index in [0.717, 1.165) is 51.5 Å². The van der Waals surface area contributed by atoms with Crippen molar-refractivity contribution >= 4 is 11.8 Å². The molecule has 0 radical (unpaired) electrons. The molecule has 2 aliphatic rings. The number of amides is 2. The average Bonchev–Trinajstić information content (AvgIpc) is 3.08. The summed E-state index contributed by atoms with van der Waals surface area (Å²) in [6, 6.07) is 1.75. The van der Waals surface area contributed by atoms with E-state index in [-0.39, 0.29) is 6.03 Å². The van der Waals surface area contributed by atoms with E-state index >= 15 is 0 Å². The summed E-state index contributed by atoms with van der Waals surface area (Å²) in [6.45, 7) is 7.19. The molecular weight excluding hydrogens is 328 g/mol. The number of anilines is 1. The van der Waals surface area contributed by atoms with Crippen molar-refractivity contribution in [3.05, 3.63) is 12.3 Å². The number of carbonyl (C=O) groups is 1. The Bertz CT molecular complexity index is 546. The lowest BCUT2D eigenvalue weighted by molar-refractivity contribution is 0.153. The van der Waals surface area contributed by atoms with Crippen molar-refractivity contribution in [2.75, 3.05) is 51.6 Å². The fraction of sp³-hybridized carbons (Fsp3) is 0.789. The first-order valence-electron chi connectivity index (χ1n) is 10.2. The molecule has 2 N–H and O–H groups in total. The van der Waals surface area contributed by atoms with Crippen LogP contribution in [0.15, 0.2) is 12.3 Å². The third-order valence-electron chi connectivity index (χ3n) is 5.65. The highest BCUT2D eigenvalue weighted by atomic mass is 16.2. The molecule has 1 aromatic rings. The van der Waals surface area contributed by atoms with Gasteiger partial charge in [-0.2, -0.15) is 5.10 Å². The van der Waals surface area contributed by atoms with Gasteiger partial charge >= 0.3 is 6.03 Å². The molecule has 1 aliphatic heterocycles. The predicted octanol–water partition coefficient (Wildman–Crippen LogP) is 2.22. The second-order valence-electron chi connectivity index (χ2n) is 7.78. The molecule has 1 saturated carbocycles. The number of hydrogen-bond donors (Lipinski definition) is 2. The van der Waals surface area contributed by atoms with Crippen molar-refractivity contribution in [3.63, 3.8) is 0 Å². The molecule has 0 bridgehead atoms. The number of piperazine rings is 1. The molecular formula is C19H34N6O. The lowest BCUT2D eigenvalue weighted by atomic mass is 9.89. The number of nitrogens with zero attached hydrogens (tertiary/aromatic N) is 4. The van der Waals surface area contributed by atoms with E-state index in [4.69, 9.17) is 0 Å². The molecule has 2 amide bonds. The SMILES string of the molecule is CN1CCN(CCCNC(=O)Nc2ccnn2CC2CCCCC2)CC1. The first-order chi connectivity index (χ1) is 12.7. The van der Waals surface area contributed by atoms with Crippen LogP contribution in [0.5, 0.6) is 0 Å². The number of rotatable bonds is 7. The summed E-state index contributed by atoms with van der Waals surface area (Å²) in [5.74, 6) is 1.49. The van der Waals surface area contributed by atoms with Gasteiger partial charge in [0, 0.05) is 45.3 Å². The van der Waals surface area contributed by atoms with Gasteiger partial charge in [-0.05, 0) is 38.8 Å². The maximum absolute atomic E-state index is 12.2. The van der Waals surface area contributed by atoms with E-state index in [9.17, 15) is 4.79 Å². The van der Waals surface area contributed by atoms with Crippen LogP contribution in [0.2, 0.25) is 0 Å². The maximum Gasteiger partial charge on any atom is 0.320 e. The van der Waals surface area contributed by atoms with Gasteiger partial charge in [0.2, 0.25) is 0 Å². The van der Waals surface area contributed by atoms with E-state index < -0.39 is 0 Å². The second kappa shape index (κ2) is 9.92. The van der Waals surface area contributed by atoms with Gasteiger partial charge in [-0.3, -0.25) is 5.32 Å². The van der Waals surface area contributed by atoms with Crippen LogP contribution in [0, 0.1) is 5.92 Å². The highest BCUT2D eigenvalue weighted by molar-refractivity contribution is 5.88. The number of urea groups is 1. The largest absolute Gasteiger partial charge is 0.338 e. The molecule has 0 atom stereocenters. The highest BCUT2D eigenvalue weighted by Crippen LogP contribution is 2.25. The van der Waals surface area contributed by atoms with Gasteiger partial charge in [-0.1, -0.05) is 19.3 Å². The van der Waals surface area contributed by atoms with Crippen molar-refractivity contribution in [1.82, 2.24) is 24.9 Å². The van der Waals surface area contributed by atoms with E-state index in [2.05, 4.69) is 32.6 Å². The van der Waals surface area contributed by atoms with Gasteiger partial charge in [-0.15, -0.1) is 0 Å². The number of carbonyl (C=O) groups excluding carboxylic acids is 1. The van der Waals surface area contributed by atoms with E-state index in [0.29, 0.717) is 12.5 Å². The van der Waals surface area contributed by atoms with Crippen molar-refractivity contribution < 1.29 is 4.79 Å². The Morgan fingerprint density at radius 3 is 2.73 bits per heavy atom. The van der Waals surface area contributed by atoms with Crippen LogP contribution in [-0.2, 0) is 6.54 Å². The molecule has 146 valence electrons. The van der Waals surface area contributed by atoms with E-state index in [1.165, 1.54) is 32.1 Å². The Hall–Kier alpha value is -1.60. The minimum Gasteiger partial charge on any atom is -0.338 e. The lowest BCUT2D eigenvalue weighted by Crippen LogP contribution is -2.45. The zero-order chi connectivity index (χ0) is 18.2. The monoisotopic (exact) mass is 362 g/mol. The van der Waals surface area contributed by atoms with E-state index in [1.54, 1.807) is 6.20 Å². The lowest BCUT2D eigenvalue weighted by Gasteiger charge is -2.32. The number of nitrogens with one attached hydrogen (secondary N) is 2. The first kappa shape index (κ1) is 19.2. The van der Waals surface area contributed by atoms with Crippen molar-refractivity contribution in [3.8, 4) is 0 Å². The van der Waals surface area contributed by atoms with Gasteiger partial charge in [0.25, 0.3) is 0 Å². The molecule has 26 heavy (non-hydrogen) atoms. The van der Waals surface area contributed by atoms with Crippen LogP contribution in [0.25, 0.3) is 0 Å². The molecule has 1 saturated heterocycles. The maximum atomic E-state index is 12.2. The molecule has 3 rings (SSSR count). The fourth-order valence-electron chi connectivity index (χ4n) is 3.94. The second-order valence-corrected chi connectivity index (χ2v) is 7.78. The zero-order valence-corrected chi connectivity index (χ0v) is 16.1. The molecule has 2 heterocycles. The van der Waals surface area contributed by atoms with Crippen molar-refractivity contribution in [2.45, 2.75) is 45.1 Å². The van der Waals surface area contributed by atoms with Gasteiger partial charge in [0.15, 0.2) is 0 Å². The fourth-order valence-corrected chi connectivity index (χ4v) is 3.94. The molecule has 2 fully saturated rings. The van der Waals surface area contributed by atoms with Crippen LogP contribution in [-0.4, -0.2) is 71.9 Å². The molecule has 7 nitrogen and oxygen atoms in total. The number of aromatic nitrogens is 2. The molecule has 7 heteroatoms. The van der Waals surface area contributed by atoms with Gasteiger partial charge in [-0.25, -0.2) is 9.48 Å². The van der Waals surface area contributed by atoms with Crippen molar-refractivity contribution in [1.29, 1.82) is 0 Å². The average molecular weight is 363 g/mol. The summed E-state index contributed by atoms with van der Waals surface area (Å²) in [6.07, 6.45) is 9.31. The Morgan fingerprint density at radius 1 is 1.19 bits per heavy atom. The summed E-state index contributed by atoms with van der Waals surface area (Å²) in [4.78, 5) is 17.0. The Labute approximate surface area is 157 Å². The third-order valence-corrected chi connectivity index (χ3v) is 5.65. The summed E-state index contributed by atoms with van der Waals surface area (Å²) < 4.78 is 1.94. The van der Waals surface area contributed by atoms with Gasteiger partial charge < -0.3 is 15.1 Å². The van der Waals surface area contributed by atoms with Crippen LogP contribution in [0.4, 0.5) is 10.6 Å². The molecule has 0 unspecified atom stereocenters. The van der Waals surface area contributed by atoms with Crippen LogP contribution in [0.3, 0.4) is 0 Å². The topological polar surface area (TPSA) is 65.4 Å². The molecule has 1 aliphatic carbocycles. The van der Waals surface area contributed by atoms with Crippen LogP contribution in [0.1, 0.15) is 38.5 Å². The van der Waals surface area contributed by atoms with E-state index in [1.807, 2.05) is 10.7 Å². The zero-order valence-electron chi connectivity index (χ0n) is 16.1. The van der Waals surface area contributed by atoms with Gasteiger partial charge in [0.05, 0.1) is 6.20 Å².